The average molecular weight is 212 g/mol. The average Bonchev–Trinajstić information content (AvgIpc) is 1.99. The molecule has 1 fully saturated rings. The summed E-state index contributed by atoms with van der Waals surface area (Å²) in [5.41, 5.74) is -0.176. The van der Waals surface area contributed by atoms with Crippen LogP contribution in [0.4, 0.5) is 0 Å². The molecule has 86 valence electrons. The normalized spacial score (nSPS) is 30.7. The molecule has 0 bridgehead atoms. The zero-order chi connectivity index (χ0) is 11.8. The smallest absolute Gasteiger partial charge is 0.148 e. The summed E-state index contributed by atoms with van der Waals surface area (Å²) in [4.78, 5) is 23.5. The van der Waals surface area contributed by atoms with Gasteiger partial charge in [-0.15, -0.1) is 0 Å². The van der Waals surface area contributed by atoms with Crippen LogP contribution in [-0.2, 0) is 9.59 Å². The topological polar surface area (TPSA) is 54.4 Å². The minimum Gasteiger partial charge on any atom is -0.392 e. The Morgan fingerprint density at radius 1 is 1.47 bits per heavy atom. The minimum atomic E-state index is -0.795. The highest BCUT2D eigenvalue weighted by molar-refractivity contribution is 6.04. The molecule has 1 aliphatic carbocycles. The van der Waals surface area contributed by atoms with Crippen LogP contribution in [0.25, 0.3) is 0 Å². The van der Waals surface area contributed by atoms with E-state index in [0.29, 0.717) is 12.8 Å². The van der Waals surface area contributed by atoms with E-state index in [1.165, 1.54) is 0 Å². The lowest BCUT2D eigenvalue weighted by Crippen LogP contribution is -2.45. The van der Waals surface area contributed by atoms with Gasteiger partial charge in [0, 0.05) is 12.3 Å². The number of aliphatic hydroxyl groups is 1. The Labute approximate surface area is 90.9 Å². The van der Waals surface area contributed by atoms with Gasteiger partial charge in [0.2, 0.25) is 0 Å². The molecule has 0 aliphatic heterocycles. The Bertz CT molecular complexity index is 279. The van der Waals surface area contributed by atoms with Gasteiger partial charge in [0.15, 0.2) is 0 Å². The highest BCUT2D eigenvalue weighted by atomic mass is 16.3. The molecule has 0 amide bonds. The van der Waals surface area contributed by atoms with Crippen LogP contribution in [0.1, 0.15) is 40.5 Å². The second-order valence-corrected chi connectivity index (χ2v) is 5.61. The molecule has 0 aromatic rings. The molecule has 2 atom stereocenters. The van der Waals surface area contributed by atoms with Crippen molar-refractivity contribution < 1.29 is 14.7 Å². The van der Waals surface area contributed by atoms with Crippen LogP contribution in [0, 0.1) is 17.3 Å². The van der Waals surface area contributed by atoms with Gasteiger partial charge in [-0.25, -0.2) is 0 Å². The number of hydrogen-bond donors (Lipinski definition) is 1. The van der Waals surface area contributed by atoms with Crippen molar-refractivity contribution in [3.05, 3.63) is 0 Å². The quantitative estimate of drug-likeness (QED) is 0.707. The minimum absolute atomic E-state index is 0.0996. The molecule has 0 spiro atoms. The molecule has 1 N–H and O–H groups in total. The Kier molecular flexibility index (Phi) is 3.34. The summed E-state index contributed by atoms with van der Waals surface area (Å²) in [7, 11) is 0. The SMILES string of the molecule is CC(C)C(=O)C1C(=O)CC(C)(C)CC1O. The monoisotopic (exact) mass is 212 g/mol. The van der Waals surface area contributed by atoms with Gasteiger partial charge < -0.3 is 5.11 Å². The molecule has 0 saturated heterocycles. The zero-order valence-corrected chi connectivity index (χ0v) is 9.91. The first-order chi connectivity index (χ1) is 6.74. The first kappa shape index (κ1) is 12.4. The summed E-state index contributed by atoms with van der Waals surface area (Å²) in [5, 5.41) is 9.85. The molecule has 15 heavy (non-hydrogen) atoms. The van der Waals surface area contributed by atoms with Crippen molar-refractivity contribution >= 4 is 11.6 Å². The lowest BCUT2D eigenvalue weighted by atomic mass is 9.68. The van der Waals surface area contributed by atoms with Crippen molar-refractivity contribution in [2.45, 2.75) is 46.6 Å². The molecule has 2 unspecified atom stereocenters. The van der Waals surface area contributed by atoms with E-state index in [-0.39, 0.29) is 22.9 Å². The van der Waals surface area contributed by atoms with E-state index >= 15 is 0 Å². The molecule has 1 saturated carbocycles. The third kappa shape index (κ3) is 2.65. The number of aliphatic hydroxyl groups excluding tert-OH is 1. The summed E-state index contributed by atoms with van der Waals surface area (Å²) in [6, 6.07) is 0. The van der Waals surface area contributed by atoms with Crippen molar-refractivity contribution in [2.24, 2.45) is 17.3 Å². The number of rotatable bonds is 2. The van der Waals surface area contributed by atoms with Crippen molar-refractivity contribution in [1.82, 2.24) is 0 Å². The van der Waals surface area contributed by atoms with Crippen LogP contribution < -0.4 is 0 Å². The van der Waals surface area contributed by atoms with E-state index in [1.54, 1.807) is 13.8 Å². The summed E-state index contributed by atoms with van der Waals surface area (Å²) in [6.07, 6.45) is 0.130. The third-order valence-electron chi connectivity index (χ3n) is 3.02. The van der Waals surface area contributed by atoms with Crippen molar-refractivity contribution in [2.75, 3.05) is 0 Å². The number of carbonyl (C=O) groups is 2. The zero-order valence-electron chi connectivity index (χ0n) is 9.91. The van der Waals surface area contributed by atoms with E-state index in [1.807, 2.05) is 13.8 Å². The van der Waals surface area contributed by atoms with Gasteiger partial charge in [-0.3, -0.25) is 9.59 Å². The van der Waals surface area contributed by atoms with Gasteiger partial charge in [-0.1, -0.05) is 27.7 Å². The van der Waals surface area contributed by atoms with Gasteiger partial charge in [0.1, 0.15) is 17.5 Å². The highest BCUT2D eigenvalue weighted by Gasteiger charge is 2.43. The Morgan fingerprint density at radius 3 is 2.40 bits per heavy atom. The lowest BCUT2D eigenvalue weighted by molar-refractivity contribution is -0.145. The van der Waals surface area contributed by atoms with Gasteiger partial charge in [-0.05, 0) is 11.8 Å². The Hall–Kier alpha value is -0.700. The van der Waals surface area contributed by atoms with Crippen LogP contribution in [0.15, 0.2) is 0 Å². The standard InChI is InChI=1S/C12H20O3/c1-7(2)11(15)10-8(13)5-12(3,4)6-9(10)14/h7-8,10,13H,5-6H2,1-4H3. The Morgan fingerprint density at radius 2 is 2.00 bits per heavy atom. The van der Waals surface area contributed by atoms with Gasteiger partial charge in [0.05, 0.1) is 6.10 Å². The fraction of sp³-hybridized carbons (Fsp3) is 0.833. The molecule has 3 heteroatoms. The predicted octanol–water partition coefficient (Wildman–Crippen LogP) is 1.58. The highest BCUT2D eigenvalue weighted by Crippen LogP contribution is 2.37. The fourth-order valence-electron chi connectivity index (χ4n) is 2.26. The summed E-state index contributed by atoms with van der Waals surface area (Å²) >= 11 is 0. The Balaban J connectivity index is 2.84. The maximum atomic E-state index is 11.8. The van der Waals surface area contributed by atoms with E-state index in [9.17, 15) is 14.7 Å². The van der Waals surface area contributed by atoms with E-state index < -0.39 is 12.0 Å². The summed E-state index contributed by atoms with van der Waals surface area (Å²) in [6.45, 7) is 7.43. The molecule has 1 aliphatic rings. The van der Waals surface area contributed by atoms with Gasteiger partial charge in [-0.2, -0.15) is 0 Å². The van der Waals surface area contributed by atoms with Gasteiger partial charge in [0.25, 0.3) is 0 Å². The van der Waals surface area contributed by atoms with E-state index in [4.69, 9.17) is 0 Å². The summed E-state index contributed by atoms with van der Waals surface area (Å²) < 4.78 is 0. The van der Waals surface area contributed by atoms with E-state index in [2.05, 4.69) is 0 Å². The molecular weight excluding hydrogens is 192 g/mol. The molecule has 0 heterocycles. The molecule has 0 radical (unpaired) electrons. The second-order valence-electron chi connectivity index (χ2n) is 5.61. The fourth-order valence-corrected chi connectivity index (χ4v) is 2.26. The van der Waals surface area contributed by atoms with E-state index in [0.717, 1.165) is 0 Å². The molecule has 0 aromatic heterocycles. The van der Waals surface area contributed by atoms with Gasteiger partial charge >= 0.3 is 0 Å². The number of Topliss-reactive ketones (excluding diaryl/α,β-unsaturated/α-hetero) is 2. The predicted molar refractivity (Wildman–Crippen MR) is 57.4 cm³/mol. The first-order valence-corrected chi connectivity index (χ1v) is 5.49. The lowest BCUT2D eigenvalue weighted by Gasteiger charge is -2.36. The van der Waals surface area contributed by atoms with Crippen LogP contribution >= 0.6 is 0 Å². The maximum absolute atomic E-state index is 11.8. The first-order valence-electron chi connectivity index (χ1n) is 5.49. The van der Waals surface area contributed by atoms with Crippen LogP contribution in [-0.4, -0.2) is 22.8 Å². The van der Waals surface area contributed by atoms with Crippen LogP contribution in [0.2, 0.25) is 0 Å². The second kappa shape index (κ2) is 4.05. The number of carbonyl (C=O) groups excluding carboxylic acids is 2. The third-order valence-corrected chi connectivity index (χ3v) is 3.02. The summed E-state index contributed by atoms with van der Waals surface area (Å²) in [5.74, 6) is -1.19. The number of ketones is 2. The van der Waals surface area contributed by atoms with Crippen LogP contribution in [0.5, 0.6) is 0 Å². The molecule has 3 nitrogen and oxygen atoms in total. The number of hydrogen-bond acceptors (Lipinski definition) is 3. The van der Waals surface area contributed by atoms with Crippen LogP contribution in [0.3, 0.4) is 0 Å². The van der Waals surface area contributed by atoms with Crippen molar-refractivity contribution in [3.63, 3.8) is 0 Å². The molecule has 1 rings (SSSR count). The van der Waals surface area contributed by atoms with Crippen molar-refractivity contribution in [1.29, 1.82) is 0 Å². The maximum Gasteiger partial charge on any atom is 0.148 e. The molecular formula is C12H20O3. The molecule has 0 aromatic carbocycles. The largest absolute Gasteiger partial charge is 0.392 e. The van der Waals surface area contributed by atoms with Crippen molar-refractivity contribution in [3.8, 4) is 0 Å².